The number of carboxylic acid groups (broad SMARTS) is 1. The van der Waals surface area contributed by atoms with Gasteiger partial charge in [0.15, 0.2) is 0 Å². The molecule has 354 valence electrons. The lowest BCUT2D eigenvalue weighted by Crippen LogP contribution is -2.48. The third-order valence-electron chi connectivity index (χ3n) is 14.5. The predicted octanol–water partition coefficient (Wildman–Crippen LogP) is 9.02. The van der Waals surface area contributed by atoms with Crippen molar-refractivity contribution in [1.82, 2.24) is 19.4 Å². The van der Waals surface area contributed by atoms with Crippen LogP contribution in [0.15, 0.2) is 29.1 Å². The molecule has 4 aliphatic heterocycles. The summed E-state index contributed by atoms with van der Waals surface area (Å²) in [5, 5.41) is 11.4. The summed E-state index contributed by atoms with van der Waals surface area (Å²) in [6.45, 7) is 7.61. The summed E-state index contributed by atoms with van der Waals surface area (Å²) in [5.41, 5.74) is 2.53. The molecule has 0 N–H and O–H groups in total. The van der Waals surface area contributed by atoms with Gasteiger partial charge in [0.2, 0.25) is 5.60 Å². The average molecular weight is 896 g/mol. The highest BCUT2D eigenvalue weighted by molar-refractivity contribution is 5.91. The SMILES string of the molecule is CCc1c2c(nc3ccc(OC(=O)N4CCC(N5CCCCC5)CC4)cc13)-c1cc3c(c(=O)n1C2)COC(=O)[C@@]3(CC)OC(=O)CCCCCCCCCCCCCCCCCC(=O)[O-]. The molecule has 0 unspecified atom stereocenters. The van der Waals surface area contributed by atoms with Crippen LogP contribution in [0.2, 0.25) is 0 Å². The standard InChI is InChI=1S/C52H72N4O9/c1-3-39-40-33-38(64-51(62)55-31-27-37(28-32-55)54-29-21-18-22-30-54)25-26-44(40)53-48-41(39)35-56-45(48)34-43-42(49(56)60)36-63-50(61)52(43,4-2)65-47(59)24-20-17-15-13-11-9-7-5-6-8-10-12-14-16-19-23-46(57)58/h25-26,33-34,37H,3-24,27-32,35-36H2,1-2H3,(H,57,58)/p-1/t52-/m0/s1. The first-order valence-electron chi connectivity index (χ1n) is 25.2. The highest BCUT2D eigenvalue weighted by atomic mass is 16.6. The summed E-state index contributed by atoms with van der Waals surface area (Å²) < 4.78 is 19.3. The van der Waals surface area contributed by atoms with Gasteiger partial charge < -0.3 is 38.5 Å². The second kappa shape index (κ2) is 23.1. The number of hydrogen-bond donors (Lipinski definition) is 0. The zero-order valence-electron chi connectivity index (χ0n) is 39.1. The highest BCUT2D eigenvalue weighted by Crippen LogP contribution is 2.43. The van der Waals surface area contributed by atoms with Gasteiger partial charge in [0, 0.05) is 48.0 Å². The molecule has 0 bridgehead atoms. The number of unbranched alkanes of at least 4 members (excludes halogenated alkanes) is 14. The Morgan fingerprint density at radius 1 is 0.785 bits per heavy atom. The number of pyridine rings is 2. The van der Waals surface area contributed by atoms with E-state index >= 15 is 0 Å². The van der Waals surface area contributed by atoms with Crippen molar-refractivity contribution < 1.29 is 38.5 Å². The number of piperidine rings is 2. The fourth-order valence-electron chi connectivity index (χ4n) is 10.7. The first kappa shape index (κ1) is 48.2. The Morgan fingerprint density at radius 3 is 2.00 bits per heavy atom. The quantitative estimate of drug-likeness (QED) is 0.0516. The van der Waals surface area contributed by atoms with E-state index in [4.69, 9.17) is 19.2 Å². The van der Waals surface area contributed by atoms with Crippen molar-refractivity contribution in [3.8, 4) is 17.1 Å². The molecule has 7 rings (SSSR count). The van der Waals surface area contributed by atoms with Crippen LogP contribution >= 0.6 is 0 Å². The molecule has 13 heteroatoms. The van der Waals surface area contributed by atoms with E-state index in [0.29, 0.717) is 72.3 Å². The molecule has 1 amide bonds. The van der Waals surface area contributed by atoms with Crippen molar-refractivity contribution in [1.29, 1.82) is 0 Å². The van der Waals surface area contributed by atoms with Crippen molar-refractivity contribution in [2.24, 2.45) is 0 Å². The number of carbonyl (C=O) groups is 4. The van der Waals surface area contributed by atoms with E-state index < -0.39 is 23.5 Å². The van der Waals surface area contributed by atoms with Gasteiger partial charge in [-0.3, -0.25) is 9.59 Å². The molecule has 1 atom stereocenters. The van der Waals surface area contributed by atoms with E-state index in [-0.39, 0.29) is 37.5 Å². The van der Waals surface area contributed by atoms with E-state index in [1.165, 1.54) is 70.6 Å². The smallest absolute Gasteiger partial charge is 0.415 e. The Labute approximate surface area is 384 Å². The number of hydrogen-bond acceptors (Lipinski definition) is 11. The van der Waals surface area contributed by atoms with Gasteiger partial charge in [-0.2, -0.15) is 0 Å². The maximum absolute atomic E-state index is 14.3. The number of benzene rings is 1. The summed E-state index contributed by atoms with van der Waals surface area (Å²) in [7, 11) is 0. The zero-order valence-corrected chi connectivity index (χ0v) is 39.1. The molecule has 65 heavy (non-hydrogen) atoms. The third-order valence-corrected chi connectivity index (χ3v) is 14.5. The highest BCUT2D eigenvalue weighted by Gasteiger charge is 2.50. The first-order valence-corrected chi connectivity index (χ1v) is 25.2. The van der Waals surface area contributed by atoms with E-state index in [1.54, 1.807) is 17.6 Å². The van der Waals surface area contributed by atoms with Gasteiger partial charge in [0.05, 0.1) is 29.0 Å². The van der Waals surface area contributed by atoms with E-state index in [0.717, 1.165) is 81.0 Å². The average Bonchev–Trinajstić information content (AvgIpc) is 3.68. The van der Waals surface area contributed by atoms with Crippen LogP contribution in [0.4, 0.5) is 4.79 Å². The van der Waals surface area contributed by atoms with Crippen LogP contribution in [-0.2, 0) is 49.0 Å². The number of rotatable bonds is 23. The number of carboxylic acids is 1. The van der Waals surface area contributed by atoms with Crippen molar-refractivity contribution in [2.45, 2.75) is 193 Å². The molecular formula is C52H71N4O9-. The molecule has 3 aromatic rings. The molecule has 2 aromatic heterocycles. The summed E-state index contributed by atoms with van der Waals surface area (Å²) >= 11 is 0. The Kier molecular flexibility index (Phi) is 17.1. The lowest BCUT2D eigenvalue weighted by atomic mass is 9.85. The van der Waals surface area contributed by atoms with Crippen LogP contribution < -0.4 is 15.4 Å². The number of aryl methyl sites for hydroxylation is 1. The number of fused-ring (bicyclic) bond motifs is 5. The number of aromatic nitrogens is 2. The molecule has 0 aliphatic carbocycles. The number of cyclic esters (lactones) is 1. The van der Waals surface area contributed by atoms with E-state index in [9.17, 15) is 29.1 Å². The van der Waals surface area contributed by atoms with Gasteiger partial charge in [0.25, 0.3) is 5.56 Å². The molecule has 6 heterocycles. The molecule has 13 nitrogen and oxygen atoms in total. The zero-order chi connectivity index (χ0) is 45.8. The summed E-state index contributed by atoms with van der Waals surface area (Å²) in [6, 6.07) is 7.86. The molecule has 0 spiro atoms. The minimum atomic E-state index is -1.73. The van der Waals surface area contributed by atoms with Crippen molar-refractivity contribution in [3.05, 3.63) is 56.9 Å². The van der Waals surface area contributed by atoms with Gasteiger partial charge in [-0.15, -0.1) is 0 Å². The van der Waals surface area contributed by atoms with Gasteiger partial charge in [0.1, 0.15) is 12.4 Å². The maximum Gasteiger partial charge on any atom is 0.415 e. The minimum absolute atomic E-state index is 0.121. The Balaban J connectivity index is 0.921. The lowest BCUT2D eigenvalue weighted by Gasteiger charge is -2.39. The Hall–Kier alpha value is -4.78. The van der Waals surface area contributed by atoms with Crippen LogP contribution in [0.25, 0.3) is 22.3 Å². The molecule has 2 saturated heterocycles. The maximum atomic E-state index is 14.3. The second-order valence-electron chi connectivity index (χ2n) is 18.9. The Bertz CT molecular complexity index is 2210. The monoisotopic (exact) mass is 896 g/mol. The molecule has 4 aliphatic rings. The molecule has 0 radical (unpaired) electrons. The summed E-state index contributed by atoms with van der Waals surface area (Å²) in [5.74, 6) is -1.64. The fraction of sp³-hybridized carbons (Fsp3) is 0.654. The largest absolute Gasteiger partial charge is 0.550 e. The summed E-state index contributed by atoms with van der Waals surface area (Å²) in [4.78, 5) is 74.6. The number of likely N-dealkylation sites (tertiary alicyclic amines) is 2. The normalized spacial score (nSPS) is 18.6. The molecule has 2 fully saturated rings. The third kappa shape index (κ3) is 11.6. The van der Waals surface area contributed by atoms with Crippen LogP contribution in [0.5, 0.6) is 5.75 Å². The van der Waals surface area contributed by atoms with Gasteiger partial charge in [-0.1, -0.05) is 104 Å². The van der Waals surface area contributed by atoms with Gasteiger partial charge >= 0.3 is 18.0 Å². The van der Waals surface area contributed by atoms with Crippen molar-refractivity contribution in [2.75, 3.05) is 26.2 Å². The number of ether oxygens (including phenoxy) is 3. The van der Waals surface area contributed by atoms with Gasteiger partial charge in [-0.05, 0) is 101 Å². The summed E-state index contributed by atoms with van der Waals surface area (Å²) in [6.07, 6.45) is 22.8. The van der Waals surface area contributed by atoms with Gasteiger partial charge in [-0.25, -0.2) is 14.6 Å². The van der Waals surface area contributed by atoms with Crippen molar-refractivity contribution >= 4 is 34.9 Å². The number of esters is 2. The van der Waals surface area contributed by atoms with E-state index in [1.807, 2.05) is 23.1 Å². The first-order chi connectivity index (χ1) is 31.6. The fourth-order valence-corrected chi connectivity index (χ4v) is 10.7. The molecule has 0 saturated carbocycles. The second-order valence-corrected chi connectivity index (χ2v) is 18.9. The lowest BCUT2D eigenvalue weighted by molar-refractivity contribution is -0.305. The number of aliphatic carboxylic acids is 1. The van der Waals surface area contributed by atoms with Crippen LogP contribution in [0.3, 0.4) is 0 Å². The minimum Gasteiger partial charge on any atom is -0.550 e. The number of amides is 1. The number of carbonyl (C=O) groups excluding carboxylic acids is 4. The predicted molar refractivity (Wildman–Crippen MR) is 247 cm³/mol. The van der Waals surface area contributed by atoms with Crippen LogP contribution in [-0.4, -0.2) is 75.6 Å². The topological polar surface area (TPSA) is 160 Å². The van der Waals surface area contributed by atoms with E-state index in [2.05, 4.69) is 11.8 Å². The van der Waals surface area contributed by atoms with Crippen LogP contribution in [0.1, 0.15) is 184 Å². The molecule has 1 aromatic carbocycles. The van der Waals surface area contributed by atoms with Crippen LogP contribution in [0, 0.1) is 0 Å². The van der Waals surface area contributed by atoms with Crippen molar-refractivity contribution in [3.63, 3.8) is 0 Å². The Morgan fingerprint density at radius 2 is 1.40 bits per heavy atom. The molecular weight excluding hydrogens is 825 g/mol. The number of nitrogens with zero attached hydrogens (tertiary/aromatic N) is 4.